The Morgan fingerprint density at radius 2 is 1.61 bits per heavy atom. The maximum atomic E-state index is 12.3. The van der Waals surface area contributed by atoms with Gasteiger partial charge in [0.2, 0.25) is 15.9 Å². The second-order valence-corrected chi connectivity index (χ2v) is 11.1. The van der Waals surface area contributed by atoms with Gasteiger partial charge in [-0.3, -0.25) is 4.79 Å². The molecule has 0 unspecified atom stereocenters. The summed E-state index contributed by atoms with van der Waals surface area (Å²) in [6.07, 6.45) is 14.1. The number of carbonyl (C=O) groups excluding carboxylic acids is 1. The van der Waals surface area contributed by atoms with Crippen LogP contribution in [0.5, 0.6) is 0 Å². The van der Waals surface area contributed by atoms with Gasteiger partial charge in [0.25, 0.3) is 0 Å². The second-order valence-electron chi connectivity index (χ2n) is 9.39. The number of hydrogen-bond acceptors (Lipinski definition) is 4. The van der Waals surface area contributed by atoms with E-state index in [2.05, 4.69) is 14.9 Å². The van der Waals surface area contributed by atoms with Gasteiger partial charge in [0.1, 0.15) is 0 Å². The number of piperidine rings is 1. The summed E-state index contributed by atoms with van der Waals surface area (Å²) in [5, 5.41) is 3.12. The summed E-state index contributed by atoms with van der Waals surface area (Å²) < 4.78 is 27.1. The molecule has 0 spiro atoms. The molecular weight excluding hydrogens is 410 g/mol. The molecule has 1 saturated heterocycles. The molecule has 1 amide bonds. The highest BCUT2D eigenvalue weighted by molar-refractivity contribution is 7.89. The van der Waals surface area contributed by atoms with Gasteiger partial charge >= 0.3 is 0 Å². The normalized spacial score (nSPS) is 22.1. The Morgan fingerprint density at radius 3 is 2.26 bits per heavy atom. The van der Waals surface area contributed by atoms with E-state index < -0.39 is 10.0 Å². The lowest BCUT2D eigenvalue weighted by molar-refractivity contribution is -0.117. The van der Waals surface area contributed by atoms with Crippen molar-refractivity contribution in [1.29, 1.82) is 0 Å². The summed E-state index contributed by atoms with van der Waals surface area (Å²) in [6.45, 7) is 3.36. The van der Waals surface area contributed by atoms with Crippen LogP contribution in [-0.2, 0) is 14.8 Å². The first kappa shape index (κ1) is 22.5. The van der Waals surface area contributed by atoms with E-state index in [9.17, 15) is 13.2 Å². The van der Waals surface area contributed by atoms with Crippen LogP contribution in [0.3, 0.4) is 0 Å². The fourth-order valence-electron chi connectivity index (χ4n) is 4.66. The third-order valence-electron chi connectivity index (χ3n) is 6.69. The first-order chi connectivity index (χ1) is 15.0. The van der Waals surface area contributed by atoms with Crippen LogP contribution in [0, 0.1) is 5.92 Å². The average molecular weight is 446 g/mol. The average Bonchev–Trinajstić information content (AvgIpc) is 3.58. The van der Waals surface area contributed by atoms with Crippen LogP contribution >= 0.6 is 0 Å². The number of amides is 1. The maximum Gasteiger partial charge on any atom is 0.244 e. The molecule has 6 nitrogen and oxygen atoms in total. The molecule has 7 heteroatoms. The monoisotopic (exact) mass is 445 g/mol. The zero-order valence-electron chi connectivity index (χ0n) is 18.3. The summed E-state index contributed by atoms with van der Waals surface area (Å²) in [7, 11) is -3.44. The van der Waals surface area contributed by atoms with Crippen LogP contribution in [0.25, 0.3) is 6.08 Å². The number of likely N-dealkylation sites (tertiary alicyclic amines) is 1. The van der Waals surface area contributed by atoms with Crippen LogP contribution in [-0.4, -0.2) is 50.9 Å². The van der Waals surface area contributed by atoms with Crippen molar-refractivity contribution in [2.24, 2.45) is 5.92 Å². The van der Waals surface area contributed by atoms with Crippen molar-refractivity contribution in [3.63, 3.8) is 0 Å². The van der Waals surface area contributed by atoms with Crippen LogP contribution in [0.15, 0.2) is 35.2 Å². The quantitative estimate of drug-likeness (QED) is 0.602. The van der Waals surface area contributed by atoms with Crippen molar-refractivity contribution >= 4 is 22.0 Å². The Morgan fingerprint density at radius 1 is 0.935 bits per heavy atom. The van der Waals surface area contributed by atoms with Crippen molar-refractivity contribution in [2.45, 2.75) is 74.8 Å². The molecule has 0 aromatic heterocycles. The van der Waals surface area contributed by atoms with E-state index in [-0.39, 0.29) is 22.9 Å². The highest BCUT2D eigenvalue weighted by Crippen LogP contribution is 2.25. The van der Waals surface area contributed by atoms with Gasteiger partial charge in [-0.05, 0) is 68.2 Å². The molecule has 170 valence electrons. The van der Waals surface area contributed by atoms with Gasteiger partial charge in [-0.15, -0.1) is 0 Å². The second kappa shape index (κ2) is 10.3. The number of benzene rings is 1. The van der Waals surface area contributed by atoms with Crippen LogP contribution in [0.1, 0.15) is 63.4 Å². The van der Waals surface area contributed by atoms with Gasteiger partial charge in [0.05, 0.1) is 4.90 Å². The summed E-state index contributed by atoms with van der Waals surface area (Å²) in [4.78, 5) is 15.2. The fraction of sp³-hybridized carbons (Fsp3) is 0.625. The lowest BCUT2D eigenvalue weighted by atomic mass is 9.88. The van der Waals surface area contributed by atoms with Gasteiger partial charge in [-0.1, -0.05) is 31.4 Å². The van der Waals surface area contributed by atoms with Gasteiger partial charge < -0.3 is 10.2 Å². The summed E-state index contributed by atoms with van der Waals surface area (Å²) in [5.74, 6) is 0.784. The maximum absolute atomic E-state index is 12.3. The molecule has 2 aliphatic carbocycles. The smallest absolute Gasteiger partial charge is 0.244 e. The lowest BCUT2D eigenvalue weighted by Crippen LogP contribution is -2.45. The van der Waals surface area contributed by atoms with Crippen molar-refractivity contribution in [3.8, 4) is 0 Å². The minimum absolute atomic E-state index is 0.0853. The SMILES string of the molecule is O=C(/C=C/c1ccc(S(=O)(=O)NC2CC2)cc1)NC1CCN(CC2CCCCC2)CC1. The molecule has 0 radical (unpaired) electrons. The fourth-order valence-corrected chi connectivity index (χ4v) is 5.97. The highest BCUT2D eigenvalue weighted by atomic mass is 32.2. The van der Waals surface area contributed by atoms with E-state index in [0.29, 0.717) is 0 Å². The van der Waals surface area contributed by atoms with Crippen LogP contribution in [0.2, 0.25) is 0 Å². The minimum atomic E-state index is -3.44. The zero-order chi connectivity index (χ0) is 21.7. The van der Waals surface area contributed by atoms with E-state index in [4.69, 9.17) is 0 Å². The van der Waals surface area contributed by atoms with E-state index in [1.165, 1.54) is 38.6 Å². The van der Waals surface area contributed by atoms with Crippen molar-refractivity contribution < 1.29 is 13.2 Å². The van der Waals surface area contributed by atoms with E-state index in [1.807, 2.05) is 0 Å². The number of carbonyl (C=O) groups is 1. The topological polar surface area (TPSA) is 78.5 Å². The molecule has 1 aromatic carbocycles. The molecule has 1 heterocycles. The van der Waals surface area contributed by atoms with E-state index in [0.717, 1.165) is 50.3 Å². The molecule has 4 rings (SSSR count). The molecule has 0 atom stereocenters. The predicted octanol–water partition coefficient (Wildman–Crippen LogP) is 3.30. The molecule has 1 aliphatic heterocycles. The van der Waals surface area contributed by atoms with Crippen molar-refractivity contribution in [3.05, 3.63) is 35.9 Å². The highest BCUT2D eigenvalue weighted by Gasteiger charge is 2.28. The Bertz CT molecular complexity index is 864. The summed E-state index contributed by atoms with van der Waals surface area (Å²) in [5.41, 5.74) is 0.808. The van der Waals surface area contributed by atoms with Crippen molar-refractivity contribution in [1.82, 2.24) is 14.9 Å². The Balaban J connectivity index is 1.20. The van der Waals surface area contributed by atoms with E-state index >= 15 is 0 Å². The predicted molar refractivity (Wildman–Crippen MR) is 123 cm³/mol. The van der Waals surface area contributed by atoms with Crippen LogP contribution < -0.4 is 10.0 Å². The molecule has 1 aromatic rings. The number of nitrogens with zero attached hydrogens (tertiary/aromatic N) is 1. The van der Waals surface area contributed by atoms with Gasteiger partial charge in [0, 0.05) is 37.8 Å². The number of rotatable bonds is 8. The Labute approximate surface area is 186 Å². The Kier molecular flexibility index (Phi) is 7.46. The molecule has 3 fully saturated rings. The van der Waals surface area contributed by atoms with Gasteiger partial charge in [-0.2, -0.15) is 0 Å². The number of hydrogen-bond donors (Lipinski definition) is 2. The number of sulfonamides is 1. The molecule has 2 N–H and O–H groups in total. The number of nitrogens with one attached hydrogen (secondary N) is 2. The van der Waals surface area contributed by atoms with E-state index in [1.54, 1.807) is 36.4 Å². The van der Waals surface area contributed by atoms with Gasteiger partial charge in [-0.25, -0.2) is 13.1 Å². The molecule has 3 aliphatic rings. The third kappa shape index (κ3) is 6.89. The third-order valence-corrected chi connectivity index (χ3v) is 8.23. The zero-order valence-corrected chi connectivity index (χ0v) is 19.1. The largest absolute Gasteiger partial charge is 0.350 e. The molecular formula is C24H35N3O3S. The molecule has 0 bridgehead atoms. The summed E-state index contributed by atoms with van der Waals surface area (Å²) >= 11 is 0. The lowest BCUT2D eigenvalue weighted by Gasteiger charge is -2.35. The van der Waals surface area contributed by atoms with Gasteiger partial charge in [0.15, 0.2) is 0 Å². The van der Waals surface area contributed by atoms with Crippen molar-refractivity contribution in [2.75, 3.05) is 19.6 Å². The minimum Gasteiger partial charge on any atom is -0.350 e. The Hall–Kier alpha value is -1.70. The molecule has 2 saturated carbocycles. The van der Waals surface area contributed by atoms with Crippen LogP contribution in [0.4, 0.5) is 0 Å². The standard InChI is InChI=1S/C24H35N3O3S/c28-24(25-21-14-16-27(17-15-21)18-20-4-2-1-3-5-20)13-8-19-6-11-23(12-7-19)31(29,30)26-22-9-10-22/h6-8,11-13,20-22,26H,1-5,9-10,14-18H2,(H,25,28)/b13-8+. The molecule has 31 heavy (non-hydrogen) atoms. The first-order valence-corrected chi connectivity index (χ1v) is 13.3. The summed E-state index contributed by atoms with van der Waals surface area (Å²) in [6, 6.07) is 6.96. The first-order valence-electron chi connectivity index (χ1n) is 11.8.